The lowest BCUT2D eigenvalue weighted by Crippen LogP contribution is -2.62. The van der Waals surface area contributed by atoms with Crippen LogP contribution in [0.5, 0.6) is 0 Å². The zero-order valence-corrected chi connectivity index (χ0v) is 15.4. The predicted molar refractivity (Wildman–Crippen MR) is 96.7 cm³/mol. The fourth-order valence-corrected chi connectivity index (χ4v) is 3.23. The van der Waals surface area contributed by atoms with E-state index in [2.05, 4.69) is 0 Å². The molecule has 1 aliphatic heterocycles. The van der Waals surface area contributed by atoms with E-state index >= 15 is 0 Å². The fourth-order valence-electron chi connectivity index (χ4n) is 3.17. The summed E-state index contributed by atoms with van der Waals surface area (Å²) in [6.07, 6.45) is -5.14. The molecule has 1 atom stereocenters. The number of alkyl halides is 4. The number of amides is 2. The van der Waals surface area contributed by atoms with Crippen molar-refractivity contribution in [3.8, 4) is 0 Å². The average Bonchev–Trinajstić information content (AvgIpc) is 2.95. The van der Waals surface area contributed by atoms with Crippen LogP contribution in [0.15, 0.2) is 39.9 Å². The molecule has 0 bridgehead atoms. The Hall–Kier alpha value is -3.08. The van der Waals surface area contributed by atoms with E-state index in [1.165, 1.54) is 5.32 Å². The molecular weight excluding hydrogens is 417 g/mol. The van der Waals surface area contributed by atoms with Gasteiger partial charge in [-0.3, -0.25) is 23.9 Å². The van der Waals surface area contributed by atoms with E-state index in [0.717, 1.165) is 10.1 Å². The number of hydrogen-bond acceptors (Lipinski definition) is 4. The molecule has 1 unspecified atom stereocenters. The molecule has 0 saturated carbocycles. The van der Waals surface area contributed by atoms with Crippen LogP contribution in [-0.4, -0.2) is 33.4 Å². The summed E-state index contributed by atoms with van der Waals surface area (Å²) in [5, 5.41) is 3.44. The predicted octanol–water partition coefficient (Wildman–Crippen LogP) is 0.844. The Morgan fingerprint density at radius 2 is 1.83 bits per heavy atom. The van der Waals surface area contributed by atoms with Crippen molar-refractivity contribution in [3.05, 3.63) is 62.3 Å². The molecule has 1 aromatic heterocycles. The molecule has 12 heteroatoms. The van der Waals surface area contributed by atoms with Gasteiger partial charge >= 0.3 is 11.9 Å². The van der Waals surface area contributed by atoms with Gasteiger partial charge in [-0.25, -0.2) is 4.79 Å². The van der Waals surface area contributed by atoms with Gasteiger partial charge < -0.3 is 10.6 Å². The first kappa shape index (κ1) is 20.6. The summed E-state index contributed by atoms with van der Waals surface area (Å²) in [7, 11) is 0. The maximum atomic E-state index is 13.9. The van der Waals surface area contributed by atoms with Crippen LogP contribution in [0.4, 0.5) is 19.0 Å². The summed E-state index contributed by atoms with van der Waals surface area (Å²) in [6.45, 7) is -0.125. The second-order valence-corrected chi connectivity index (χ2v) is 6.52. The number of hydrogen-bond donors (Lipinski definition) is 3. The molecule has 0 spiro atoms. The van der Waals surface area contributed by atoms with Gasteiger partial charge in [0.2, 0.25) is 11.4 Å². The van der Waals surface area contributed by atoms with Gasteiger partial charge in [0.15, 0.2) is 0 Å². The van der Waals surface area contributed by atoms with E-state index in [-0.39, 0.29) is 13.0 Å². The zero-order valence-electron chi connectivity index (χ0n) is 14.6. The summed E-state index contributed by atoms with van der Waals surface area (Å²) in [5.74, 6) is -4.50. The minimum absolute atomic E-state index is 0.125. The lowest BCUT2D eigenvalue weighted by Gasteiger charge is -2.29. The van der Waals surface area contributed by atoms with E-state index < -0.39 is 52.0 Å². The van der Waals surface area contributed by atoms with E-state index in [4.69, 9.17) is 11.6 Å². The van der Waals surface area contributed by atoms with Crippen molar-refractivity contribution in [3.63, 3.8) is 0 Å². The molecule has 0 aliphatic carbocycles. The number of aromatic amines is 1. The smallest absolute Gasteiger partial charge is 0.329 e. The van der Waals surface area contributed by atoms with Crippen LogP contribution in [0.3, 0.4) is 0 Å². The average molecular weight is 431 g/mol. The van der Waals surface area contributed by atoms with Crippen LogP contribution in [-0.2, 0) is 28.1 Å². The van der Waals surface area contributed by atoms with Crippen molar-refractivity contribution in [1.82, 2.24) is 14.9 Å². The van der Waals surface area contributed by atoms with Gasteiger partial charge in [0, 0.05) is 6.54 Å². The SMILES string of the molecule is O=C(CCl)NC1(C(F)(F)F)C(=O)Nc2c1c(=O)[nH]c(=O)n2CCc1ccccc1. The van der Waals surface area contributed by atoms with Crippen LogP contribution >= 0.6 is 11.6 Å². The monoisotopic (exact) mass is 430 g/mol. The van der Waals surface area contributed by atoms with E-state index in [0.29, 0.717) is 0 Å². The Labute approximate surface area is 165 Å². The second-order valence-electron chi connectivity index (χ2n) is 6.25. The van der Waals surface area contributed by atoms with E-state index in [1.807, 2.05) is 5.32 Å². The van der Waals surface area contributed by atoms with Crippen LogP contribution < -0.4 is 21.9 Å². The van der Waals surface area contributed by atoms with Gasteiger partial charge in [0.25, 0.3) is 11.5 Å². The van der Waals surface area contributed by atoms with Crippen LogP contribution in [0.1, 0.15) is 11.1 Å². The van der Waals surface area contributed by atoms with Gasteiger partial charge in [0.1, 0.15) is 17.3 Å². The maximum Gasteiger partial charge on any atom is 0.425 e. The lowest BCUT2D eigenvalue weighted by molar-refractivity contribution is -0.200. The minimum Gasteiger partial charge on any atom is -0.329 e. The highest BCUT2D eigenvalue weighted by Gasteiger charge is 2.68. The maximum absolute atomic E-state index is 13.9. The van der Waals surface area contributed by atoms with E-state index in [9.17, 15) is 32.3 Å². The first-order valence-corrected chi connectivity index (χ1v) is 8.82. The third-order valence-electron chi connectivity index (χ3n) is 4.49. The molecule has 2 heterocycles. The quantitative estimate of drug-likeness (QED) is 0.610. The topological polar surface area (TPSA) is 113 Å². The molecular formula is C17H14ClF3N4O4. The number of rotatable bonds is 5. The molecule has 1 aliphatic rings. The lowest BCUT2D eigenvalue weighted by atomic mass is 9.92. The summed E-state index contributed by atoms with van der Waals surface area (Å²) < 4.78 is 42.7. The molecule has 8 nitrogen and oxygen atoms in total. The fraction of sp³-hybridized carbons (Fsp3) is 0.294. The number of H-pyrrole nitrogens is 1. The highest BCUT2D eigenvalue weighted by atomic mass is 35.5. The summed E-state index contributed by atoms with van der Waals surface area (Å²) in [4.78, 5) is 50.3. The number of aryl methyl sites for hydroxylation is 1. The standard InChI is InChI=1S/C17H14ClF3N4O4/c18-8-10(26)24-16(17(19,20)21)11-12(22-14(16)28)25(15(29)23-13(11)27)7-6-9-4-2-1-3-5-9/h1-5H,6-8H2,(H,22,28)(H,24,26)(H,23,27,29). The van der Waals surface area contributed by atoms with Gasteiger partial charge in [-0.2, -0.15) is 13.2 Å². The van der Waals surface area contributed by atoms with Crippen LogP contribution in [0, 0.1) is 0 Å². The summed E-state index contributed by atoms with van der Waals surface area (Å²) >= 11 is 5.28. The molecule has 3 N–H and O–H groups in total. The van der Waals surface area contributed by atoms with Gasteiger partial charge in [-0.1, -0.05) is 30.3 Å². The molecule has 2 aromatic rings. The Bertz CT molecular complexity index is 1080. The Morgan fingerprint density at radius 3 is 2.41 bits per heavy atom. The Balaban J connectivity index is 2.17. The molecule has 0 radical (unpaired) electrons. The van der Waals surface area contributed by atoms with Crippen molar-refractivity contribution < 1.29 is 22.8 Å². The second kappa shape index (κ2) is 7.39. The first-order chi connectivity index (χ1) is 13.6. The first-order valence-electron chi connectivity index (χ1n) is 8.28. The number of fused-ring (bicyclic) bond motifs is 1. The number of carbonyl (C=O) groups is 2. The van der Waals surface area contributed by atoms with Crippen molar-refractivity contribution in [2.45, 2.75) is 24.7 Å². The molecule has 29 heavy (non-hydrogen) atoms. The minimum atomic E-state index is -5.38. The zero-order chi connectivity index (χ0) is 21.4. The Kier molecular flexibility index (Phi) is 5.26. The third kappa shape index (κ3) is 3.41. The number of aromatic nitrogens is 2. The highest BCUT2D eigenvalue weighted by molar-refractivity contribution is 6.27. The number of nitrogens with one attached hydrogen (secondary N) is 3. The van der Waals surface area contributed by atoms with Gasteiger partial charge in [-0.05, 0) is 12.0 Å². The molecule has 0 fully saturated rings. The normalized spacial score (nSPS) is 18.3. The van der Waals surface area contributed by atoms with Gasteiger partial charge in [-0.15, -0.1) is 11.6 Å². The molecule has 154 valence electrons. The van der Waals surface area contributed by atoms with Crippen molar-refractivity contribution >= 4 is 29.2 Å². The van der Waals surface area contributed by atoms with Gasteiger partial charge in [0.05, 0.1) is 0 Å². The van der Waals surface area contributed by atoms with Crippen molar-refractivity contribution in [1.29, 1.82) is 0 Å². The molecule has 2 amide bonds. The number of carbonyl (C=O) groups excluding carboxylic acids is 2. The summed E-state index contributed by atoms with van der Waals surface area (Å²) in [5.41, 5.74) is -6.43. The number of nitrogens with zero attached hydrogens (tertiary/aromatic N) is 1. The van der Waals surface area contributed by atoms with Crippen LogP contribution in [0.2, 0.25) is 0 Å². The van der Waals surface area contributed by atoms with Crippen molar-refractivity contribution in [2.75, 3.05) is 11.2 Å². The van der Waals surface area contributed by atoms with Crippen LogP contribution in [0.25, 0.3) is 0 Å². The van der Waals surface area contributed by atoms with Crippen molar-refractivity contribution in [2.24, 2.45) is 0 Å². The summed E-state index contributed by atoms with van der Waals surface area (Å²) in [6, 6.07) is 8.75. The number of anilines is 1. The number of benzene rings is 1. The molecule has 0 saturated heterocycles. The molecule has 1 aromatic carbocycles. The Morgan fingerprint density at radius 1 is 1.17 bits per heavy atom. The highest BCUT2D eigenvalue weighted by Crippen LogP contribution is 2.44. The molecule has 3 rings (SSSR count). The van der Waals surface area contributed by atoms with E-state index in [1.54, 1.807) is 35.3 Å². The largest absolute Gasteiger partial charge is 0.425 e. The third-order valence-corrected chi connectivity index (χ3v) is 4.73. The number of halogens is 4.